The summed E-state index contributed by atoms with van der Waals surface area (Å²) in [7, 11) is 0. The number of aromatic nitrogens is 4. The van der Waals surface area contributed by atoms with Crippen molar-refractivity contribution in [2.45, 2.75) is 20.3 Å². The van der Waals surface area contributed by atoms with Gasteiger partial charge in [0, 0.05) is 60.3 Å². The van der Waals surface area contributed by atoms with Crippen LogP contribution in [0.15, 0.2) is 35.3 Å². The van der Waals surface area contributed by atoms with E-state index in [-0.39, 0.29) is 31.1 Å². The normalized spacial score (nSPS) is 14.9. The van der Waals surface area contributed by atoms with E-state index in [2.05, 4.69) is 102 Å². The molecule has 1 saturated heterocycles. The number of benzene rings is 2. The van der Waals surface area contributed by atoms with Crippen LogP contribution in [-0.2, 0) is 6.42 Å². The Morgan fingerprint density at radius 1 is 1.14 bits per heavy atom. The summed E-state index contributed by atoms with van der Waals surface area (Å²) in [5.74, 6) is 1.71. The quantitative estimate of drug-likeness (QED) is 0.212. The topological polar surface area (TPSA) is 74.1 Å². The van der Waals surface area contributed by atoms with Crippen molar-refractivity contribution in [2.24, 2.45) is 4.99 Å². The van der Waals surface area contributed by atoms with E-state index in [1.807, 2.05) is 6.07 Å². The van der Waals surface area contributed by atoms with Gasteiger partial charge in [0.05, 0.1) is 0 Å². The molecule has 1 fully saturated rings. The van der Waals surface area contributed by atoms with E-state index in [1.54, 1.807) is 0 Å². The molecule has 0 unspecified atom stereocenters. The molecule has 0 radical (unpaired) electrons. The second-order valence-corrected chi connectivity index (χ2v) is 12.2. The van der Waals surface area contributed by atoms with Gasteiger partial charge in [-0.2, -0.15) is 22.7 Å². The number of halogens is 2. The molecule has 7 nitrogen and oxygen atoms in total. The summed E-state index contributed by atoms with van der Waals surface area (Å²) in [4.78, 5) is 10.6. The molecule has 2 aromatic carbocycles. The summed E-state index contributed by atoms with van der Waals surface area (Å²) in [6.45, 7) is 13.6. The molecule has 0 amide bonds. The Bertz CT molecular complexity index is 1440. The fourth-order valence-electron chi connectivity index (χ4n) is 4.09. The molecule has 35 heavy (non-hydrogen) atoms. The first-order valence-corrected chi connectivity index (χ1v) is 14.5. The summed E-state index contributed by atoms with van der Waals surface area (Å²) in [5, 5.41) is 13.3. The van der Waals surface area contributed by atoms with Gasteiger partial charge < -0.3 is 22.1 Å². The predicted octanol–water partition coefficient (Wildman–Crippen LogP) is 4.05. The fraction of sp³-hybridized carbons (Fsp3) is 0.320. The summed E-state index contributed by atoms with van der Waals surface area (Å²) in [6, 6.07) is 14.0. The van der Waals surface area contributed by atoms with Crippen molar-refractivity contribution >= 4 is 60.4 Å². The van der Waals surface area contributed by atoms with Gasteiger partial charge in [-0.05, 0) is 40.3 Å². The SMILES string of the molecule is Cc1c[c-]c(C)c2c3c([nH]c12)=Nc1nnc(Cc2ccc(I)cc2)n1I=3.[CH2-]CN1CCNCC1.[U+2]. The largest absolute Gasteiger partial charge is 2.00 e. The zero-order valence-electron chi connectivity index (χ0n) is 19.8. The van der Waals surface area contributed by atoms with Crippen LogP contribution in [0.2, 0.25) is 0 Å². The Morgan fingerprint density at radius 3 is 2.57 bits per heavy atom. The molecule has 4 heterocycles. The van der Waals surface area contributed by atoms with E-state index >= 15 is 0 Å². The molecule has 2 aliphatic heterocycles. The number of fused-ring (bicyclic) bond motifs is 4. The first-order chi connectivity index (χ1) is 16.5. The Labute approximate surface area is 253 Å². The second-order valence-electron chi connectivity index (χ2n) is 8.42. The van der Waals surface area contributed by atoms with Gasteiger partial charge in [-0.1, -0.05) is 36.9 Å². The third kappa shape index (κ3) is 6.09. The third-order valence-electron chi connectivity index (χ3n) is 6.03. The zero-order valence-corrected chi connectivity index (χ0v) is 28.3. The minimum absolute atomic E-state index is 0. The molecule has 0 aliphatic carbocycles. The summed E-state index contributed by atoms with van der Waals surface area (Å²) in [6.07, 6.45) is 0.779. The molecule has 2 aliphatic rings. The number of aryl methyl sites for hydroxylation is 2. The van der Waals surface area contributed by atoms with E-state index < -0.39 is 21.0 Å². The van der Waals surface area contributed by atoms with Crippen LogP contribution >= 0.6 is 43.6 Å². The maximum Gasteiger partial charge on any atom is 2.00 e. The number of hydrogen-bond donors (Lipinski definition) is 2. The van der Waals surface area contributed by atoms with Crippen molar-refractivity contribution < 1.29 is 31.1 Å². The Balaban J connectivity index is 0.000000276. The van der Waals surface area contributed by atoms with Gasteiger partial charge in [0.15, 0.2) is 0 Å². The van der Waals surface area contributed by atoms with E-state index in [4.69, 9.17) is 4.99 Å². The van der Waals surface area contributed by atoms with E-state index in [0.717, 1.165) is 43.3 Å². The minimum atomic E-state index is -0.462. The first kappa shape index (κ1) is 27.4. The summed E-state index contributed by atoms with van der Waals surface area (Å²) in [5.41, 5.74) is 5.74. The fourth-order valence-corrected chi connectivity index (χ4v) is 7.30. The summed E-state index contributed by atoms with van der Waals surface area (Å²) < 4.78 is 4.78. The van der Waals surface area contributed by atoms with Gasteiger partial charge >= 0.3 is 31.1 Å². The molecular weight excluding hydrogens is 890 g/mol. The number of nitrogens with zero attached hydrogens (tertiary/aromatic N) is 5. The van der Waals surface area contributed by atoms with Crippen LogP contribution in [0.1, 0.15) is 22.5 Å². The number of rotatable bonds is 3. The monoisotopic (exact) mass is 917 g/mol. The van der Waals surface area contributed by atoms with Crippen LogP contribution in [0.5, 0.6) is 0 Å². The smallest absolute Gasteiger partial charge is 0.362 e. The molecule has 0 spiro atoms. The standard InChI is InChI=1S/C19H14I2N5.C6H13N2.U/c1-10-3-4-11(2)17-15(10)16-18(22-17)23-19-25-24-14(26(19)21-16)9-12-5-7-13(20)8-6-12;1-2-8-5-3-7-4-6-8;/h4-8H,9H2,1-2H3,(H,22,23,25);7H,1-6H2;/q2*-1;+2. The van der Waals surface area contributed by atoms with E-state index in [1.165, 1.54) is 47.4 Å². The van der Waals surface area contributed by atoms with Crippen LogP contribution < -0.4 is 10.8 Å². The van der Waals surface area contributed by atoms with E-state index in [0.29, 0.717) is 0 Å². The van der Waals surface area contributed by atoms with Gasteiger partial charge in [0.1, 0.15) is 11.3 Å². The molecule has 0 atom stereocenters. The van der Waals surface area contributed by atoms with Crippen LogP contribution in [-0.4, -0.2) is 55.6 Å². The third-order valence-corrected chi connectivity index (χ3v) is 9.76. The summed E-state index contributed by atoms with van der Waals surface area (Å²) >= 11 is 1.86. The molecule has 0 saturated carbocycles. The molecular formula is C25H27I2N7U. The minimum Gasteiger partial charge on any atom is -0.362 e. The average molecular weight is 917 g/mol. The van der Waals surface area contributed by atoms with E-state index in [9.17, 15) is 0 Å². The van der Waals surface area contributed by atoms with Crippen LogP contribution in [0.25, 0.3) is 10.9 Å². The van der Waals surface area contributed by atoms with Crippen molar-refractivity contribution in [1.82, 2.24) is 28.2 Å². The van der Waals surface area contributed by atoms with Crippen LogP contribution in [0, 0.1) is 64.7 Å². The van der Waals surface area contributed by atoms with Crippen LogP contribution in [0.4, 0.5) is 5.95 Å². The Kier molecular flexibility index (Phi) is 9.60. The second kappa shape index (κ2) is 12.3. The molecule has 4 aromatic rings. The van der Waals surface area contributed by atoms with Crippen molar-refractivity contribution in [2.75, 3.05) is 32.7 Å². The van der Waals surface area contributed by atoms with Gasteiger partial charge in [0.25, 0.3) is 5.95 Å². The number of nitrogens with one attached hydrogen (secondary N) is 2. The maximum atomic E-state index is 4.75. The van der Waals surface area contributed by atoms with Crippen molar-refractivity contribution in [3.8, 4) is 0 Å². The molecule has 180 valence electrons. The van der Waals surface area contributed by atoms with Crippen molar-refractivity contribution in [3.05, 3.63) is 78.0 Å². The van der Waals surface area contributed by atoms with Gasteiger partial charge in [-0.15, -0.1) is 22.3 Å². The number of piperazine rings is 1. The van der Waals surface area contributed by atoms with Crippen molar-refractivity contribution in [3.63, 3.8) is 0 Å². The first-order valence-electron chi connectivity index (χ1n) is 11.4. The van der Waals surface area contributed by atoms with Gasteiger partial charge in [-0.25, -0.2) is 2.78 Å². The molecule has 2 aromatic heterocycles. The van der Waals surface area contributed by atoms with Crippen LogP contribution in [0.3, 0.4) is 0 Å². The Hall–Kier alpha value is -0.648. The zero-order chi connectivity index (χ0) is 23.7. The molecule has 2 N–H and O–H groups in total. The average Bonchev–Trinajstić information content (AvgIpc) is 3.44. The predicted molar refractivity (Wildman–Crippen MR) is 152 cm³/mol. The van der Waals surface area contributed by atoms with Gasteiger partial charge in [-0.3, -0.25) is 0 Å². The Morgan fingerprint density at radius 2 is 1.89 bits per heavy atom. The molecule has 0 bridgehead atoms. The number of H-pyrrole nitrogens is 1. The van der Waals surface area contributed by atoms with Gasteiger partial charge in [0.2, 0.25) is 0 Å². The molecule has 10 heteroatoms. The van der Waals surface area contributed by atoms with Crippen molar-refractivity contribution in [1.29, 1.82) is 0 Å². The number of aromatic amines is 1. The number of hydrogen-bond acceptors (Lipinski definition) is 5. The maximum absolute atomic E-state index is 4.75. The molecule has 6 rings (SSSR count).